The van der Waals surface area contributed by atoms with Crippen molar-refractivity contribution in [2.24, 2.45) is 0 Å². The monoisotopic (exact) mass is 235 g/mol. The molecule has 17 heavy (non-hydrogen) atoms. The van der Waals surface area contributed by atoms with Gasteiger partial charge in [0.05, 0.1) is 12.6 Å². The minimum absolute atomic E-state index is 0.00849. The molecule has 2 atom stereocenters. The summed E-state index contributed by atoms with van der Waals surface area (Å²) in [5, 5.41) is 19.1. The lowest BCUT2D eigenvalue weighted by atomic mass is 10.0. The van der Waals surface area contributed by atoms with Crippen molar-refractivity contribution < 1.29 is 15.0 Å². The number of aliphatic carboxylic acids is 1. The van der Waals surface area contributed by atoms with Crippen molar-refractivity contribution >= 4 is 5.97 Å². The topological polar surface area (TPSA) is 60.8 Å². The molecule has 0 radical (unpaired) electrons. The number of aliphatic hydroxyl groups excluding tert-OH is 1. The van der Waals surface area contributed by atoms with Crippen LogP contribution in [0.25, 0.3) is 0 Å². The van der Waals surface area contributed by atoms with Crippen molar-refractivity contribution in [1.29, 1.82) is 0 Å². The van der Waals surface area contributed by atoms with Gasteiger partial charge in [-0.1, -0.05) is 30.3 Å². The third kappa shape index (κ3) is 2.84. The first-order valence-electron chi connectivity index (χ1n) is 5.87. The minimum atomic E-state index is -0.836. The number of carboxylic acid groups (broad SMARTS) is 1. The van der Waals surface area contributed by atoms with Crippen LogP contribution in [0.1, 0.15) is 24.5 Å². The Balaban J connectivity index is 2.08. The highest BCUT2D eigenvalue weighted by molar-refractivity contribution is 5.69. The van der Waals surface area contributed by atoms with Crippen molar-refractivity contribution in [3.05, 3.63) is 35.9 Å². The van der Waals surface area contributed by atoms with Crippen LogP contribution >= 0.6 is 0 Å². The molecular weight excluding hydrogens is 218 g/mol. The van der Waals surface area contributed by atoms with Crippen LogP contribution in [0.4, 0.5) is 0 Å². The van der Waals surface area contributed by atoms with Crippen LogP contribution in [0.2, 0.25) is 0 Å². The Hall–Kier alpha value is -1.39. The summed E-state index contributed by atoms with van der Waals surface area (Å²) in [6.45, 7) is 0.759. The highest BCUT2D eigenvalue weighted by Crippen LogP contribution is 2.28. The second-order valence-corrected chi connectivity index (χ2v) is 4.43. The third-order valence-electron chi connectivity index (χ3n) is 3.26. The Kier molecular flexibility index (Phi) is 3.76. The molecule has 1 heterocycles. The van der Waals surface area contributed by atoms with Crippen LogP contribution in [-0.2, 0) is 4.79 Å². The fourth-order valence-corrected chi connectivity index (χ4v) is 2.45. The molecule has 1 aliphatic heterocycles. The van der Waals surface area contributed by atoms with E-state index in [-0.39, 0.29) is 12.6 Å². The van der Waals surface area contributed by atoms with Gasteiger partial charge in [-0.15, -0.1) is 0 Å². The van der Waals surface area contributed by atoms with Crippen LogP contribution in [-0.4, -0.2) is 40.2 Å². The molecule has 2 rings (SSSR count). The molecule has 0 saturated carbocycles. The number of hydrogen-bond acceptors (Lipinski definition) is 3. The number of aliphatic hydroxyl groups is 1. The van der Waals surface area contributed by atoms with E-state index < -0.39 is 12.1 Å². The SMILES string of the molecule is O=C(O)CN1CCC[C@@H]1[C@H](O)c1ccccc1. The molecule has 0 aromatic heterocycles. The van der Waals surface area contributed by atoms with Crippen LogP contribution in [0.3, 0.4) is 0 Å². The number of benzene rings is 1. The van der Waals surface area contributed by atoms with Gasteiger partial charge >= 0.3 is 5.97 Å². The van der Waals surface area contributed by atoms with E-state index in [1.807, 2.05) is 35.2 Å². The van der Waals surface area contributed by atoms with Crippen molar-refractivity contribution in [3.8, 4) is 0 Å². The number of nitrogens with zero attached hydrogens (tertiary/aromatic N) is 1. The molecule has 1 saturated heterocycles. The highest BCUT2D eigenvalue weighted by atomic mass is 16.4. The average Bonchev–Trinajstić information content (AvgIpc) is 2.76. The first-order chi connectivity index (χ1) is 8.18. The van der Waals surface area contributed by atoms with Gasteiger partial charge in [0.2, 0.25) is 0 Å². The Morgan fingerprint density at radius 3 is 2.76 bits per heavy atom. The van der Waals surface area contributed by atoms with Gasteiger partial charge < -0.3 is 10.2 Å². The third-order valence-corrected chi connectivity index (χ3v) is 3.26. The summed E-state index contributed by atoms with van der Waals surface area (Å²) in [6.07, 6.45) is 1.20. The van der Waals surface area contributed by atoms with E-state index in [9.17, 15) is 9.90 Å². The maximum absolute atomic E-state index is 10.7. The summed E-state index contributed by atoms with van der Waals surface area (Å²) in [4.78, 5) is 12.6. The normalized spacial score (nSPS) is 22.5. The van der Waals surface area contributed by atoms with E-state index >= 15 is 0 Å². The zero-order valence-corrected chi connectivity index (χ0v) is 9.62. The smallest absolute Gasteiger partial charge is 0.317 e. The number of carbonyl (C=O) groups is 1. The van der Waals surface area contributed by atoms with E-state index in [2.05, 4.69) is 0 Å². The van der Waals surface area contributed by atoms with Crippen molar-refractivity contribution in [2.45, 2.75) is 25.0 Å². The van der Waals surface area contributed by atoms with E-state index in [1.165, 1.54) is 0 Å². The fourth-order valence-electron chi connectivity index (χ4n) is 2.45. The predicted octanol–water partition coefficient (Wildman–Crippen LogP) is 1.27. The van der Waals surface area contributed by atoms with Gasteiger partial charge in [-0.3, -0.25) is 9.69 Å². The molecule has 0 amide bonds. The fraction of sp³-hybridized carbons (Fsp3) is 0.462. The maximum atomic E-state index is 10.7. The molecule has 1 aromatic rings. The van der Waals surface area contributed by atoms with Gasteiger partial charge in [0.1, 0.15) is 0 Å². The van der Waals surface area contributed by atoms with Crippen LogP contribution in [0.5, 0.6) is 0 Å². The van der Waals surface area contributed by atoms with Gasteiger partial charge in [-0.05, 0) is 24.9 Å². The molecule has 1 aliphatic rings. The highest BCUT2D eigenvalue weighted by Gasteiger charge is 2.32. The minimum Gasteiger partial charge on any atom is -0.480 e. The molecule has 0 spiro atoms. The summed E-state index contributed by atoms with van der Waals surface area (Å²) in [6, 6.07) is 9.35. The number of carboxylic acids is 1. The van der Waals surface area contributed by atoms with E-state index in [4.69, 9.17) is 5.11 Å². The standard InChI is InChI=1S/C13H17NO3/c15-12(16)9-14-8-4-7-11(14)13(17)10-5-2-1-3-6-10/h1-3,5-6,11,13,17H,4,7-9H2,(H,15,16)/t11-,13-/m1/s1. The zero-order chi connectivity index (χ0) is 12.3. The van der Waals surface area contributed by atoms with Gasteiger partial charge in [-0.25, -0.2) is 0 Å². The summed E-state index contributed by atoms with van der Waals surface area (Å²) < 4.78 is 0. The largest absolute Gasteiger partial charge is 0.480 e. The molecule has 0 aliphatic carbocycles. The molecule has 0 unspecified atom stereocenters. The van der Waals surface area contributed by atoms with Gasteiger partial charge in [-0.2, -0.15) is 0 Å². The molecule has 0 bridgehead atoms. The second kappa shape index (κ2) is 5.29. The molecular formula is C13H17NO3. The lowest BCUT2D eigenvalue weighted by Gasteiger charge is -2.27. The lowest BCUT2D eigenvalue weighted by Crippen LogP contribution is -2.38. The van der Waals surface area contributed by atoms with E-state index in [1.54, 1.807) is 0 Å². The van der Waals surface area contributed by atoms with Crippen molar-refractivity contribution in [1.82, 2.24) is 4.90 Å². The Morgan fingerprint density at radius 2 is 2.12 bits per heavy atom. The van der Waals surface area contributed by atoms with Crippen molar-refractivity contribution in [2.75, 3.05) is 13.1 Å². The number of hydrogen-bond donors (Lipinski definition) is 2. The summed E-state index contributed by atoms with van der Waals surface area (Å²) >= 11 is 0. The Bertz CT molecular complexity index is 380. The van der Waals surface area contributed by atoms with Crippen LogP contribution < -0.4 is 0 Å². The number of rotatable bonds is 4. The summed E-state index contributed by atoms with van der Waals surface area (Å²) in [5.74, 6) is -0.836. The van der Waals surface area contributed by atoms with Gasteiger partial charge in [0.15, 0.2) is 0 Å². The summed E-state index contributed by atoms with van der Waals surface area (Å²) in [5.41, 5.74) is 0.856. The van der Waals surface area contributed by atoms with Crippen LogP contribution in [0, 0.1) is 0 Å². The Labute approximate surface area is 100 Å². The first-order valence-corrected chi connectivity index (χ1v) is 5.87. The molecule has 4 nitrogen and oxygen atoms in total. The molecule has 1 aromatic carbocycles. The van der Waals surface area contributed by atoms with Crippen LogP contribution in [0.15, 0.2) is 30.3 Å². The van der Waals surface area contributed by atoms with E-state index in [0.29, 0.717) is 0 Å². The Morgan fingerprint density at radius 1 is 1.41 bits per heavy atom. The molecule has 1 fully saturated rings. The molecule has 2 N–H and O–H groups in total. The lowest BCUT2D eigenvalue weighted by molar-refractivity contribution is -0.139. The predicted molar refractivity (Wildman–Crippen MR) is 63.6 cm³/mol. The number of likely N-dealkylation sites (tertiary alicyclic amines) is 1. The molecule has 92 valence electrons. The van der Waals surface area contributed by atoms with E-state index in [0.717, 1.165) is 24.9 Å². The average molecular weight is 235 g/mol. The first kappa shape index (κ1) is 12.1. The maximum Gasteiger partial charge on any atom is 0.317 e. The van der Waals surface area contributed by atoms with Gasteiger partial charge in [0.25, 0.3) is 0 Å². The van der Waals surface area contributed by atoms with Gasteiger partial charge in [0, 0.05) is 6.04 Å². The zero-order valence-electron chi connectivity index (χ0n) is 9.62. The molecule has 4 heteroatoms. The quantitative estimate of drug-likeness (QED) is 0.825. The van der Waals surface area contributed by atoms with Crippen molar-refractivity contribution in [3.63, 3.8) is 0 Å². The summed E-state index contributed by atoms with van der Waals surface area (Å²) in [7, 11) is 0. The second-order valence-electron chi connectivity index (χ2n) is 4.43.